The van der Waals surface area contributed by atoms with Gasteiger partial charge >= 0.3 is 40.2 Å². The Kier molecular flexibility index (Phi) is 47.5. The van der Waals surface area contributed by atoms with Gasteiger partial charge in [-0.2, -0.15) is 12.6 Å². The van der Waals surface area contributed by atoms with Gasteiger partial charge in [-0.3, -0.25) is 30.0 Å². The number of aldehydes is 1. The summed E-state index contributed by atoms with van der Waals surface area (Å²) in [7, 11) is 22.6. The molecule has 9 N–H and O–H groups in total. The number of aromatic amines is 1. The van der Waals surface area contributed by atoms with Crippen molar-refractivity contribution >= 4 is 133 Å². The van der Waals surface area contributed by atoms with Crippen molar-refractivity contribution in [2.45, 2.75) is 72.0 Å². The second-order valence-electron chi connectivity index (χ2n) is 25.7. The van der Waals surface area contributed by atoms with Gasteiger partial charge in [-0.05, 0) is 280 Å². The molecule has 0 fully saturated rings. The molecule has 0 saturated carbocycles. The third-order valence-corrected chi connectivity index (χ3v) is 20.0. The van der Waals surface area contributed by atoms with Crippen molar-refractivity contribution in [2.24, 2.45) is 4.99 Å². The number of thiol groups is 1. The first-order chi connectivity index (χ1) is 51.2. The number of ether oxygens (including phenoxy) is 3. The van der Waals surface area contributed by atoms with E-state index in [2.05, 4.69) is 154 Å². The summed E-state index contributed by atoms with van der Waals surface area (Å²) in [6.45, 7) is 9.57. The summed E-state index contributed by atoms with van der Waals surface area (Å²) in [6, 6.07) is 34.6. The van der Waals surface area contributed by atoms with Gasteiger partial charge in [-0.25, -0.2) is 9.37 Å². The minimum Gasteiger partial charge on any atom is -1.00 e. The Morgan fingerprint density at radius 2 is 0.991 bits per heavy atom. The summed E-state index contributed by atoms with van der Waals surface area (Å²) in [5.74, 6) is 7.63. The predicted molar refractivity (Wildman–Crippen MR) is 452 cm³/mol. The summed E-state index contributed by atoms with van der Waals surface area (Å²) in [5.41, 5.74) is 33.5. The molecule has 33 heteroatoms. The van der Waals surface area contributed by atoms with Gasteiger partial charge in [0.2, 0.25) is 0 Å². The zero-order valence-corrected chi connectivity index (χ0v) is 72.5. The first kappa shape index (κ1) is 97.9. The number of benzene rings is 7. The number of carbonyl (C=O) groups is 1. The molecule has 8 aromatic rings. The zero-order valence-electron chi connectivity index (χ0n) is 66.6. The molecule has 1 aliphatic rings. The van der Waals surface area contributed by atoms with Crippen molar-refractivity contribution in [3.05, 3.63) is 169 Å². The third kappa shape index (κ3) is 37.6. The fraction of sp³-hybridized carbons (Fsp3) is 0.408. The molecule has 0 radical (unpaired) electrons. The van der Waals surface area contributed by atoms with Crippen LogP contribution in [0.4, 0.5) is 44.2 Å². The molecular formula is C76H108FN14NaO11S6. The number of carbonyl (C=O) groups excluding carboxylic acids is 1. The van der Waals surface area contributed by atoms with Gasteiger partial charge in [0.1, 0.15) is 40.3 Å². The molecule has 7 aromatic carbocycles. The molecule has 0 aliphatic carbocycles. The maximum Gasteiger partial charge on any atom is 1.00 e. The van der Waals surface area contributed by atoms with Crippen LogP contribution in [0, 0.1) is 39.9 Å². The average molecular weight is 1630 g/mol. The molecule has 0 atom stereocenters. The van der Waals surface area contributed by atoms with Crippen LogP contribution >= 0.6 is 59.7 Å². The van der Waals surface area contributed by atoms with Crippen LogP contribution in [-0.4, -0.2) is 222 Å². The Morgan fingerprint density at radius 1 is 0.550 bits per heavy atom. The monoisotopic (exact) mass is 1630 g/mol. The number of nitro benzene ring substituents is 2. The van der Waals surface area contributed by atoms with Gasteiger partial charge < -0.3 is 68.1 Å². The van der Waals surface area contributed by atoms with E-state index in [0.717, 1.165) is 160 Å². The summed E-state index contributed by atoms with van der Waals surface area (Å²) < 4.78 is 53.7. The normalized spacial score (nSPS) is 11.0. The first-order valence-corrected chi connectivity index (χ1v) is 39.9. The number of rotatable bonds is 31. The Labute approximate surface area is 689 Å². The van der Waals surface area contributed by atoms with E-state index >= 15 is 0 Å². The molecule has 9 rings (SSSR count). The molecule has 1 aromatic heterocycles. The molecule has 25 nitrogen and oxygen atoms in total. The number of imidazole rings is 1. The SMILES string of the molecule is CN(C)CCCS.CN(C)CCCSc1ccc(N)c(N)c1.CN(C)CCCSc1ccc([N+](=O)[O-])c(N)c1.COc1cc(C2=Nc3cc(SCCCN(C)C)ccc3C2)c(C)cc1-c1nc2ccc(SCCCN(C)C)cc2[nH]1.COc1cc(OC)c(C=O)cc1C.Nc1cc(F)ccc1[N+](=O)[O-].O=S(=O)=O.[H-].[Na+]. The topological polar surface area (TPSA) is 344 Å². The number of nitro groups is 2. The van der Waals surface area contributed by atoms with E-state index in [-0.39, 0.29) is 53.7 Å². The average Bonchev–Trinajstić information content (AvgIpc) is 1.61. The molecule has 0 amide bonds. The Bertz CT molecular complexity index is 4300. The number of nitrogen functional groups attached to an aromatic ring is 4. The zero-order chi connectivity index (χ0) is 80.6. The van der Waals surface area contributed by atoms with Crippen LogP contribution in [0.15, 0.2) is 140 Å². The number of nitrogens with one attached hydrogen (secondary N) is 1. The van der Waals surface area contributed by atoms with Crippen molar-refractivity contribution in [1.29, 1.82) is 0 Å². The number of anilines is 4. The fourth-order valence-corrected chi connectivity index (χ4v) is 13.6. The van der Waals surface area contributed by atoms with Crippen LogP contribution in [0.25, 0.3) is 22.4 Å². The van der Waals surface area contributed by atoms with Crippen LogP contribution in [0.2, 0.25) is 0 Å². The predicted octanol–water partition coefficient (Wildman–Crippen LogP) is 11.5. The molecule has 1 aliphatic heterocycles. The number of aliphatic imine (C=N–C) groups is 1. The molecule has 0 bridgehead atoms. The van der Waals surface area contributed by atoms with E-state index in [4.69, 9.17) is 59.7 Å². The Balaban J connectivity index is 0.000000729. The van der Waals surface area contributed by atoms with Crippen LogP contribution in [0.3, 0.4) is 0 Å². The molecule has 592 valence electrons. The maximum atomic E-state index is 12.3. The van der Waals surface area contributed by atoms with Gasteiger partial charge in [-0.1, -0.05) is 6.07 Å². The number of hydrogen-bond donors (Lipinski definition) is 6. The largest absolute Gasteiger partial charge is 1.00 e. The number of halogens is 1. The standard InChI is InChI=1S/C33H41N5OS2.C11H17N3O2S.C11H19N3S.C10H12O3.C6H5FN2O2.C5H13NS.Na.O3S.H/c1-22-17-27(33-35-28-12-11-25(20-31(28)36-33)41-16-8-14-38(4)5)32(39-6)21-26(22)30-18-23-9-10-24(19-29(23)34-30)40-15-7-13-37(2)3;1-13(2)6-3-7-17-9-4-5-11(14(15)16)10(12)8-9;1-14(2)6-3-7-15-9-4-5-10(12)11(13)8-9;1-7-4-8(6-11)10(13-3)5-9(7)12-2;7-4-1-2-6(9(10)11)5(8)3-4;1-6(2)4-3-5-7;;1-4(2)3;/h9-12,17,19-21H,7-8,13-16,18H2,1-6H3,(H,35,36);4-5,8H,3,6-7,12H2,1-2H3;4-5,8H,3,6-7,12-13H2,1-2H3;4-6H,1-3H3;1-3H,8H2;7H,3-5H2,1-2H3;;;/q;;;;;;+1;;-1. The summed E-state index contributed by atoms with van der Waals surface area (Å²) >= 11 is 11.4. The van der Waals surface area contributed by atoms with E-state index in [0.29, 0.717) is 22.7 Å². The van der Waals surface area contributed by atoms with Crippen molar-refractivity contribution in [3.8, 4) is 28.6 Å². The number of aromatic nitrogens is 2. The molecule has 0 spiro atoms. The number of fused-ring (bicyclic) bond motifs is 2. The van der Waals surface area contributed by atoms with Crippen molar-refractivity contribution in [3.63, 3.8) is 0 Å². The van der Waals surface area contributed by atoms with E-state index in [9.17, 15) is 29.4 Å². The van der Waals surface area contributed by atoms with Gasteiger partial charge in [0, 0.05) is 55.8 Å². The van der Waals surface area contributed by atoms with Gasteiger partial charge in [0.25, 0.3) is 11.4 Å². The van der Waals surface area contributed by atoms with Gasteiger partial charge in [-0.15, -0.1) is 59.7 Å². The van der Waals surface area contributed by atoms with Crippen LogP contribution in [0.5, 0.6) is 17.2 Å². The van der Waals surface area contributed by atoms with Crippen molar-refractivity contribution in [1.82, 2.24) is 34.5 Å². The Hall–Kier alpha value is -7.15. The van der Waals surface area contributed by atoms with Gasteiger partial charge in [0.15, 0.2) is 6.29 Å². The maximum absolute atomic E-state index is 12.3. The van der Waals surface area contributed by atoms with E-state index in [1.165, 1.54) is 64.7 Å². The number of thioether (sulfide) groups is 4. The number of methoxy groups -OCH3 is 3. The molecular weight excluding hydrogens is 1520 g/mol. The first-order valence-electron chi connectivity index (χ1n) is 34.3. The minimum absolute atomic E-state index is 0. The van der Waals surface area contributed by atoms with E-state index in [1.54, 1.807) is 50.2 Å². The number of H-pyrrole nitrogens is 1. The van der Waals surface area contributed by atoms with E-state index < -0.39 is 26.3 Å². The number of hydrogen-bond acceptors (Lipinski definition) is 27. The summed E-state index contributed by atoms with van der Waals surface area (Å²) in [6.07, 6.45) is 7.40. The van der Waals surface area contributed by atoms with Crippen molar-refractivity contribution in [2.75, 3.05) is 176 Å². The summed E-state index contributed by atoms with van der Waals surface area (Å²) in [4.78, 5) is 59.4. The minimum atomic E-state index is -3.11. The molecule has 109 heavy (non-hydrogen) atoms. The number of nitrogens with two attached hydrogens (primary N) is 4. The van der Waals surface area contributed by atoms with E-state index in [1.807, 2.05) is 74.5 Å². The second-order valence-corrected chi connectivity index (χ2v) is 31.2. The summed E-state index contributed by atoms with van der Waals surface area (Å²) in [5, 5.41) is 20.7. The quantitative estimate of drug-likeness (QED) is 0.00343. The fourth-order valence-electron chi connectivity index (χ4n) is 9.94. The third-order valence-electron chi connectivity index (χ3n) is 15.4. The number of aryl methyl sites for hydroxylation is 2. The van der Waals surface area contributed by atoms with Crippen LogP contribution in [-0.2, 0) is 17.0 Å². The number of nitrogens with zero attached hydrogens (tertiary/aromatic N) is 9. The van der Waals surface area contributed by atoms with Crippen LogP contribution in [0.1, 0.15) is 66.1 Å². The molecule has 0 saturated heterocycles. The van der Waals surface area contributed by atoms with Gasteiger partial charge in [0.05, 0.1) is 76.1 Å². The molecule has 2 heterocycles. The molecule has 0 unspecified atom stereocenters. The second kappa shape index (κ2) is 52.9. The van der Waals surface area contributed by atoms with Crippen molar-refractivity contribution < 1.29 is 76.9 Å². The van der Waals surface area contributed by atoms with Crippen LogP contribution < -0.4 is 66.7 Å². The Morgan fingerprint density at radius 3 is 1.43 bits per heavy atom. The smallest absolute Gasteiger partial charge is 1.00 e.